The molecule has 0 radical (unpaired) electrons. The average Bonchev–Trinajstić information content (AvgIpc) is 3.57. The first-order valence-corrected chi connectivity index (χ1v) is 12.1. The molecule has 5 aromatic rings. The number of aliphatic hydroxyl groups is 1. The Morgan fingerprint density at radius 2 is 1.97 bits per heavy atom. The van der Waals surface area contributed by atoms with E-state index in [1.807, 2.05) is 29.9 Å². The number of nitrogens with two attached hydrogens (primary N) is 1. The summed E-state index contributed by atoms with van der Waals surface area (Å²) in [6, 6.07) is 10.7. The summed E-state index contributed by atoms with van der Waals surface area (Å²) in [4.78, 5) is 6.50. The first-order valence-electron chi connectivity index (χ1n) is 11.2. The first kappa shape index (κ1) is 20.4. The second-order valence-electron chi connectivity index (χ2n) is 8.66. The van der Waals surface area contributed by atoms with Gasteiger partial charge < -0.3 is 15.3 Å². The van der Waals surface area contributed by atoms with Gasteiger partial charge in [-0.3, -0.25) is 9.58 Å². The van der Waals surface area contributed by atoms with Crippen molar-refractivity contribution in [3.05, 3.63) is 54.3 Å². The molecule has 0 aliphatic carbocycles. The summed E-state index contributed by atoms with van der Waals surface area (Å²) in [6.45, 7) is 3.56. The van der Waals surface area contributed by atoms with E-state index in [-0.39, 0.29) is 0 Å². The highest BCUT2D eigenvalue weighted by atomic mass is 32.1. The van der Waals surface area contributed by atoms with E-state index in [2.05, 4.69) is 44.8 Å². The Hall–Kier alpha value is -3.20. The Morgan fingerprint density at radius 1 is 1.15 bits per heavy atom. The lowest BCUT2D eigenvalue weighted by molar-refractivity contribution is -0.00286. The smallest absolute Gasteiger partial charge is 0.177 e. The Bertz CT molecular complexity index is 1440. The van der Waals surface area contributed by atoms with Gasteiger partial charge in [0.1, 0.15) is 12.0 Å². The van der Waals surface area contributed by atoms with Gasteiger partial charge in [0.05, 0.1) is 12.2 Å². The van der Waals surface area contributed by atoms with Crippen LogP contribution in [0, 0.1) is 0 Å². The van der Waals surface area contributed by atoms with Crippen molar-refractivity contribution in [1.29, 1.82) is 0 Å². The number of furan rings is 1. The maximum atomic E-state index is 9.82. The Labute approximate surface area is 195 Å². The van der Waals surface area contributed by atoms with Crippen molar-refractivity contribution < 1.29 is 9.52 Å². The molecule has 0 spiro atoms. The number of aromatic nitrogens is 3. The number of likely N-dealkylation sites (tertiary alicyclic amines) is 1. The van der Waals surface area contributed by atoms with Gasteiger partial charge in [-0.05, 0) is 31.9 Å². The number of rotatable bonds is 4. The van der Waals surface area contributed by atoms with Gasteiger partial charge in [-0.2, -0.15) is 5.10 Å². The molecule has 1 unspecified atom stereocenters. The van der Waals surface area contributed by atoms with Crippen LogP contribution in [0.2, 0.25) is 0 Å². The van der Waals surface area contributed by atoms with Crippen molar-refractivity contribution in [1.82, 2.24) is 19.7 Å². The lowest BCUT2D eigenvalue weighted by Gasteiger charge is -2.33. The normalized spacial score (nSPS) is 16.7. The number of hydrogen-bond acceptors (Lipinski definition) is 7. The molecule has 1 aromatic carbocycles. The number of aliphatic hydroxyl groups excluding tert-OH is 1. The first-order chi connectivity index (χ1) is 16.1. The highest BCUT2D eigenvalue weighted by Crippen LogP contribution is 2.40. The minimum absolute atomic E-state index is 0.322. The largest absolute Gasteiger partial charge is 0.452 e. The number of nitrogens with zero attached hydrogens (tertiary/aromatic N) is 4. The zero-order chi connectivity index (χ0) is 22.5. The van der Waals surface area contributed by atoms with Crippen LogP contribution >= 0.6 is 11.3 Å². The maximum absolute atomic E-state index is 9.82. The van der Waals surface area contributed by atoms with E-state index in [0.29, 0.717) is 17.4 Å². The van der Waals surface area contributed by atoms with Crippen LogP contribution in [-0.2, 0) is 0 Å². The molecule has 1 aliphatic heterocycles. The summed E-state index contributed by atoms with van der Waals surface area (Å²) >= 11 is 1.71. The van der Waals surface area contributed by atoms with E-state index >= 15 is 0 Å². The predicted octanol–water partition coefficient (Wildman–Crippen LogP) is 5.13. The second kappa shape index (κ2) is 7.98. The zero-order valence-electron chi connectivity index (χ0n) is 18.3. The van der Waals surface area contributed by atoms with Gasteiger partial charge in [-0.15, -0.1) is 11.3 Å². The molecule has 0 bridgehead atoms. The van der Waals surface area contributed by atoms with Crippen molar-refractivity contribution in [3.8, 4) is 22.5 Å². The monoisotopic (exact) mass is 459 g/mol. The van der Waals surface area contributed by atoms with E-state index in [9.17, 15) is 5.11 Å². The molecule has 0 amide bonds. The standard InChI is InChI=1S/C25H25N5O2S/c1-15(31)29-8-6-17(7-9-29)30-13-16(11-28-30)20-12-27-25(26)24-19(20)10-22(32-24)21-14-33-23-5-3-2-4-18(21)23/h2-5,10-15,17,31H,6-9H2,1H3,(H2,26,27). The third-order valence-electron chi connectivity index (χ3n) is 6.65. The summed E-state index contributed by atoms with van der Waals surface area (Å²) in [5.41, 5.74) is 9.82. The molecule has 33 heavy (non-hydrogen) atoms. The number of thiophene rings is 1. The predicted molar refractivity (Wildman–Crippen MR) is 132 cm³/mol. The lowest BCUT2D eigenvalue weighted by atomic mass is 10.0. The van der Waals surface area contributed by atoms with E-state index in [4.69, 9.17) is 10.2 Å². The van der Waals surface area contributed by atoms with Gasteiger partial charge in [0, 0.05) is 63.0 Å². The van der Waals surface area contributed by atoms with Crippen molar-refractivity contribution in [2.24, 2.45) is 0 Å². The molecular formula is C25H25N5O2S. The fraction of sp³-hybridized carbons (Fsp3) is 0.280. The summed E-state index contributed by atoms with van der Waals surface area (Å²) < 4.78 is 9.50. The van der Waals surface area contributed by atoms with Crippen molar-refractivity contribution in [2.45, 2.75) is 32.0 Å². The minimum Gasteiger partial charge on any atom is -0.452 e. The third-order valence-corrected chi connectivity index (χ3v) is 7.61. The zero-order valence-corrected chi connectivity index (χ0v) is 19.1. The minimum atomic E-state index is -0.399. The van der Waals surface area contributed by atoms with Crippen molar-refractivity contribution in [2.75, 3.05) is 18.8 Å². The summed E-state index contributed by atoms with van der Waals surface area (Å²) in [6.07, 6.45) is 7.30. The highest BCUT2D eigenvalue weighted by Gasteiger charge is 2.24. The quantitative estimate of drug-likeness (QED) is 0.387. The van der Waals surface area contributed by atoms with Crippen LogP contribution in [-0.4, -0.2) is 44.1 Å². The molecule has 6 rings (SSSR count). The summed E-state index contributed by atoms with van der Waals surface area (Å²) in [7, 11) is 0. The molecule has 168 valence electrons. The average molecular weight is 460 g/mol. The van der Waals surface area contributed by atoms with Crippen molar-refractivity contribution in [3.63, 3.8) is 0 Å². The molecule has 4 aromatic heterocycles. The molecule has 1 saturated heterocycles. The van der Waals surface area contributed by atoms with Crippen LogP contribution in [0.3, 0.4) is 0 Å². The van der Waals surface area contributed by atoms with Crippen molar-refractivity contribution >= 4 is 38.2 Å². The van der Waals surface area contributed by atoms with Crippen LogP contribution in [0.4, 0.5) is 5.82 Å². The second-order valence-corrected chi connectivity index (χ2v) is 9.58. The van der Waals surface area contributed by atoms with Gasteiger partial charge in [0.15, 0.2) is 11.4 Å². The van der Waals surface area contributed by atoms with Crippen LogP contribution in [0.15, 0.2) is 58.7 Å². The number of piperidine rings is 1. The van der Waals surface area contributed by atoms with Crippen LogP contribution < -0.4 is 5.73 Å². The molecule has 3 N–H and O–H groups in total. The van der Waals surface area contributed by atoms with Crippen LogP contribution in [0.5, 0.6) is 0 Å². The number of hydrogen-bond donors (Lipinski definition) is 2. The number of pyridine rings is 1. The molecule has 7 nitrogen and oxygen atoms in total. The van der Waals surface area contributed by atoms with E-state index in [1.54, 1.807) is 17.5 Å². The number of fused-ring (bicyclic) bond motifs is 2. The van der Waals surface area contributed by atoms with E-state index < -0.39 is 6.23 Å². The number of benzene rings is 1. The van der Waals surface area contributed by atoms with Gasteiger partial charge in [-0.1, -0.05) is 18.2 Å². The van der Waals surface area contributed by atoms with Crippen LogP contribution in [0.25, 0.3) is 43.5 Å². The Morgan fingerprint density at radius 3 is 2.79 bits per heavy atom. The SMILES string of the molecule is CC(O)N1CCC(n2cc(-c3cnc(N)c4oc(-c5csc6ccccc56)cc34)cn2)CC1. The highest BCUT2D eigenvalue weighted by molar-refractivity contribution is 7.17. The fourth-order valence-electron chi connectivity index (χ4n) is 4.78. The lowest BCUT2D eigenvalue weighted by Crippen LogP contribution is -2.40. The number of nitrogen functional groups attached to an aromatic ring is 1. The number of anilines is 1. The summed E-state index contributed by atoms with van der Waals surface area (Å²) in [5.74, 6) is 1.18. The fourth-order valence-corrected chi connectivity index (χ4v) is 5.73. The third kappa shape index (κ3) is 3.51. The Kier molecular flexibility index (Phi) is 4.94. The van der Waals surface area contributed by atoms with Gasteiger partial charge in [0.2, 0.25) is 0 Å². The molecule has 1 aliphatic rings. The molecule has 0 saturated carbocycles. The summed E-state index contributed by atoms with van der Waals surface area (Å²) in [5, 5.41) is 18.7. The van der Waals surface area contributed by atoms with E-state index in [0.717, 1.165) is 53.8 Å². The maximum Gasteiger partial charge on any atom is 0.177 e. The topological polar surface area (TPSA) is 93.3 Å². The van der Waals surface area contributed by atoms with E-state index in [1.165, 1.54) is 10.1 Å². The molecule has 8 heteroatoms. The Balaban J connectivity index is 1.36. The molecule has 1 atom stereocenters. The van der Waals surface area contributed by atoms with Gasteiger partial charge in [0.25, 0.3) is 0 Å². The molecule has 5 heterocycles. The van der Waals surface area contributed by atoms with Gasteiger partial charge in [-0.25, -0.2) is 4.98 Å². The molecule has 1 fully saturated rings. The van der Waals surface area contributed by atoms with Gasteiger partial charge >= 0.3 is 0 Å². The molecular weight excluding hydrogens is 434 g/mol. The van der Waals surface area contributed by atoms with Crippen LogP contribution in [0.1, 0.15) is 25.8 Å².